The monoisotopic (exact) mass is 436 g/mol. The minimum Gasteiger partial charge on any atom is -0.381 e. The van der Waals surface area contributed by atoms with E-state index in [1.807, 2.05) is 24.3 Å². The maximum absolute atomic E-state index is 12.7. The SMILES string of the molecule is CCN(CC)c1ccc(C(=O)Cn2ncc(N[C@@H]3C[C@H]4C[C@@H]([C@H]3C)C4(C)C)cc2=O)cc1. The number of aromatic nitrogens is 2. The van der Waals surface area contributed by atoms with Crippen molar-refractivity contribution in [1.29, 1.82) is 0 Å². The van der Waals surface area contributed by atoms with Crippen LogP contribution < -0.4 is 15.8 Å². The van der Waals surface area contributed by atoms with Crippen LogP contribution in [0.25, 0.3) is 0 Å². The Morgan fingerprint density at radius 1 is 1.19 bits per heavy atom. The summed E-state index contributed by atoms with van der Waals surface area (Å²) in [4.78, 5) is 27.6. The highest BCUT2D eigenvalue weighted by atomic mass is 16.1. The van der Waals surface area contributed by atoms with Gasteiger partial charge in [0.25, 0.3) is 5.56 Å². The summed E-state index contributed by atoms with van der Waals surface area (Å²) in [6, 6.07) is 9.51. The average molecular weight is 437 g/mol. The standard InChI is InChI=1S/C26H36N4O2/c1-6-29(7-2)21-10-8-18(9-11-21)24(31)16-30-25(32)14-20(15-27-30)28-23-13-19-12-22(17(23)3)26(19,4)5/h8-11,14-15,17,19,22-23,28H,6-7,12-13,16H2,1-5H3/t17-,19-,22+,23-/m1/s1. The number of nitrogens with one attached hydrogen (secondary N) is 1. The fourth-order valence-corrected chi connectivity index (χ4v) is 5.86. The minimum absolute atomic E-state index is 0.0537. The maximum atomic E-state index is 12.7. The number of fused-ring (bicyclic) bond motifs is 2. The predicted molar refractivity (Wildman–Crippen MR) is 129 cm³/mol. The predicted octanol–water partition coefficient (Wildman–Crippen LogP) is 4.46. The number of rotatable bonds is 8. The zero-order chi connectivity index (χ0) is 23.0. The number of Topliss-reactive ketones (excluding diaryl/α,β-unsaturated/α-hetero) is 1. The number of hydrogen-bond donors (Lipinski definition) is 1. The third-order valence-corrected chi connectivity index (χ3v) is 8.19. The van der Waals surface area contributed by atoms with Crippen molar-refractivity contribution in [1.82, 2.24) is 9.78 Å². The minimum atomic E-state index is -0.253. The average Bonchev–Trinajstić information content (AvgIpc) is 2.77. The van der Waals surface area contributed by atoms with Gasteiger partial charge in [0.2, 0.25) is 0 Å². The van der Waals surface area contributed by atoms with Crippen LogP contribution in [0.5, 0.6) is 0 Å². The molecule has 0 amide bonds. The topological polar surface area (TPSA) is 67.2 Å². The Labute approximate surface area is 191 Å². The Balaban J connectivity index is 1.39. The number of hydrogen-bond acceptors (Lipinski definition) is 5. The normalized spacial score (nSPS) is 25.7. The second kappa shape index (κ2) is 8.72. The molecule has 3 saturated carbocycles. The summed E-state index contributed by atoms with van der Waals surface area (Å²) in [7, 11) is 0. The molecule has 0 spiro atoms. The summed E-state index contributed by atoms with van der Waals surface area (Å²) < 4.78 is 1.25. The van der Waals surface area contributed by atoms with E-state index in [1.165, 1.54) is 11.1 Å². The first kappa shape index (κ1) is 22.6. The van der Waals surface area contributed by atoms with E-state index >= 15 is 0 Å². The number of carbonyl (C=O) groups is 1. The molecule has 0 radical (unpaired) electrons. The van der Waals surface area contributed by atoms with Gasteiger partial charge in [-0.2, -0.15) is 5.10 Å². The Morgan fingerprint density at radius 2 is 1.88 bits per heavy atom. The zero-order valence-electron chi connectivity index (χ0n) is 20.0. The van der Waals surface area contributed by atoms with Gasteiger partial charge in [-0.25, -0.2) is 4.68 Å². The third kappa shape index (κ3) is 4.07. The Kier molecular flexibility index (Phi) is 6.15. The molecule has 6 heteroatoms. The van der Waals surface area contributed by atoms with Crippen LogP contribution in [-0.2, 0) is 6.54 Å². The van der Waals surface area contributed by atoms with Crippen LogP contribution in [0.2, 0.25) is 0 Å². The Morgan fingerprint density at radius 3 is 2.44 bits per heavy atom. The van der Waals surface area contributed by atoms with Gasteiger partial charge in [-0.05, 0) is 74.1 Å². The van der Waals surface area contributed by atoms with E-state index in [2.05, 4.69) is 49.9 Å². The molecule has 1 heterocycles. The summed E-state index contributed by atoms with van der Waals surface area (Å²) in [6.07, 6.45) is 4.14. The quantitative estimate of drug-likeness (QED) is 0.619. The highest BCUT2D eigenvalue weighted by Crippen LogP contribution is 2.61. The summed E-state index contributed by atoms with van der Waals surface area (Å²) in [5, 5.41) is 7.82. The number of anilines is 2. The fourth-order valence-electron chi connectivity index (χ4n) is 5.86. The number of carbonyl (C=O) groups excluding carboxylic acids is 1. The molecule has 4 atom stereocenters. The molecule has 0 aliphatic heterocycles. The smallest absolute Gasteiger partial charge is 0.269 e. The molecule has 0 unspecified atom stereocenters. The van der Waals surface area contributed by atoms with Crippen LogP contribution in [0.1, 0.15) is 57.8 Å². The van der Waals surface area contributed by atoms with Crippen molar-refractivity contribution in [2.24, 2.45) is 23.2 Å². The molecule has 5 rings (SSSR count). The Bertz CT molecular complexity index is 1020. The first-order valence-electron chi connectivity index (χ1n) is 12.0. The Hall–Kier alpha value is -2.63. The van der Waals surface area contributed by atoms with Gasteiger partial charge in [-0.15, -0.1) is 0 Å². The van der Waals surface area contributed by atoms with Crippen molar-refractivity contribution in [3.05, 3.63) is 52.4 Å². The van der Waals surface area contributed by atoms with Crippen molar-refractivity contribution >= 4 is 17.2 Å². The summed E-state index contributed by atoms with van der Waals surface area (Å²) in [5.74, 6) is 1.94. The van der Waals surface area contributed by atoms with Crippen molar-refractivity contribution < 1.29 is 4.79 Å². The van der Waals surface area contributed by atoms with E-state index in [-0.39, 0.29) is 17.9 Å². The second-order valence-corrected chi connectivity index (χ2v) is 10.1. The molecule has 3 fully saturated rings. The third-order valence-electron chi connectivity index (χ3n) is 8.19. The van der Waals surface area contributed by atoms with E-state index in [4.69, 9.17) is 0 Å². The molecule has 0 saturated heterocycles. The molecule has 6 nitrogen and oxygen atoms in total. The first-order valence-corrected chi connectivity index (χ1v) is 12.0. The lowest BCUT2D eigenvalue weighted by Gasteiger charge is -2.62. The van der Waals surface area contributed by atoms with Gasteiger partial charge >= 0.3 is 0 Å². The lowest BCUT2D eigenvalue weighted by Crippen LogP contribution is -2.58. The van der Waals surface area contributed by atoms with Crippen LogP contribution in [0, 0.1) is 23.2 Å². The van der Waals surface area contributed by atoms with Gasteiger partial charge in [0.1, 0.15) is 6.54 Å². The summed E-state index contributed by atoms with van der Waals surface area (Å²) in [6.45, 7) is 13.1. The molecule has 1 N–H and O–H groups in total. The van der Waals surface area contributed by atoms with Crippen LogP contribution in [0.3, 0.4) is 0 Å². The van der Waals surface area contributed by atoms with Crippen LogP contribution in [-0.4, -0.2) is 34.7 Å². The molecule has 2 bridgehead atoms. The van der Waals surface area contributed by atoms with E-state index in [1.54, 1.807) is 12.3 Å². The van der Waals surface area contributed by atoms with E-state index in [9.17, 15) is 9.59 Å². The van der Waals surface area contributed by atoms with Gasteiger partial charge < -0.3 is 10.2 Å². The van der Waals surface area contributed by atoms with Crippen molar-refractivity contribution in [3.8, 4) is 0 Å². The molecule has 3 aliphatic rings. The number of benzene rings is 1. The molecule has 1 aromatic carbocycles. The largest absolute Gasteiger partial charge is 0.381 e. The highest BCUT2D eigenvalue weighted by molar-refractivity contribution is 5.96. The summed E-state index contributed by atoms with van der Waals surface area (Å²) in [5.41, 5.74) is 2.61. The van der Waals surface area contributed by atoms with Gasteiger partial charge in [-0.1, -0.05) is 20.8 Å². The molecule has 2 aromatic rings. The molecule has 172 valence electrons. The maximum Gasteiger partial charge on any atom is 0.269 e. The lowest BCUT2D eigenvalue weighted by molar-refractivity contribution is -0.105. The van der Waals surface area contributed by atoms with Gasteiger partial charge in [0, 0.05) is 36.4 Å². The van der Waals surface area contributed by atoms with E-state index in [0.717, 1.165) is 42.7 Å². The van der Waals surface area contributed by atoms with Crippen molar-refractivity contribution in [3.63, 3.8) is 0 Å². The summed E-state index contributed by atoms with van der Waals surface area (Å²) >= 11 is 0. The van der Waals surface area contributed by atoms with Crippen LogP contribution in [0.15, 0.2) is 41.3 Å². The lowest BCUT2D eigenvalue weighted by atomic mass is 9.45. The number of ketones is 1. The number of nitrogens with zero attached hydrogens (tertiary/aromatic N) is 3. The molecular weight excluding hydrogens is 400 g/mol. The van der Waals surface area contributed by atoms with Crippen molar-refractivity contribution in [2.45, 2.75) is 60.0 Å². The molecule has 32 heavy (non-hydrogen) atoms. The zero-order valence-corrected chi connectivity index (χ0v) is 20.0. The molecular formula is C26H36N4O2. The first-order chi connectivity index (χ1) is 15.2. The van der Waals surface area contributed by atoms with Crippen LogP contribution in [0.4, 0.5) is 11.4 Å². The van der Waals surface area contributed by atoms with Gasteiger partial charge in [-0.3, -0.25) is 9.59 Å². The van der Waals surface area contributed by atoms with Crippen molar-refractivity contribution in [2.75, 3.05) is 23.3 Å². The molecule has 3 aliphatic carbocycles. The van der Waals surface area contributed by atoms with Crippen LogP contribution >= 0.6 is 0 Å². The van der Waals surface area contributed by atoms with E-state index in [0.29, 0.717) is 22.9 Å². The van der Waals surface area contributed by atoms with Gasteiger partial charge in [0.15, 0.2) is 5.78 Å². The second-order valence-electron chi connectivity index (χ2n) is 10.1. The van der Waals surface area contributed by atoms with E-state index < -0.39 is 0 Å². The molecule has 1 aromatic heterocycles. The van der Waals surface area contributed by atoms with Gasteiger partial charge in [0.05, 0.1) is 11.9 Å². The highest BCUT2D eigenvalue weighted by Gasteiger charge is 2.56. The fraction of sp³-hybridized carbons (Fsp3) is 0.577.